The van der Waals surface area contributed by atoms with Crippen LogP contribution in [0.3, 0.4) is 0 Å². The maximum atomic E-state index is 6.07. The Labute approximate surface area is 216 Å². The van der Waals surface area contributed by atoms with Crippen molar-refractivity contribution in [2.24, 2.45) is 10.7 Å². The number of aryl methyl sites for hydroxylation is 1. The van der Waals surface area contributed by atoms with Crippen LogP contribution in [0.1, 0.15) is 11.3 Å². The van der Waals surface area contributed by atoms with Crippen LogP contribution in [0.5, 0.6) is 11.5 Å². The summed E-state index contributed by atoms with van der Waals surface area (Å²) in [6.45, 7) is 8.35. The molecule has 1 aliphatic heterocycles. The molecule has 9 nitrogen and oxygen atoms in total. The van der Waals surface area contributed by atoms with E-state index in [1.54, 1.807) is 31.7 Å². The average molecular weight is 510 g/mol. The second-order valence-electron chi connectivity index (χ2n) is 8.78. The number of aliphatic imine (C=N–C) groups is 1. The number of ether oxygens (including phenoxy) is 2. The summed E-state index contributed by atoms with van der Waals surface area (Å²) in [6, 6.07) is 6.01. The Morgan fingerprint density at radius 3 is 2.81 bits per heavy atom. The number of nitrogens with two attached hydrogens (primary N) is 1. The van der Waals surface area contributed by atoms with Gasteiger partial charge >= 0.3 is 0 Å². The number of hydrogen-bond acceptors (Lipinski definition) is 10. The second kappa shape index (κ2) is 12.2. The number of hydrogen-bond donors (Lipinski definition) is 2. The van der Waals surface area contributed by atoms with Gasteiger partial charge in [0.1, 0.15) is 11.5 Å². The smallest absolute Gasteiger partial charge is 0.227 e. The first-order valence-corrected chi connectivity index (χ1v) is 12.9. The molecule has 4 rings (SSSR count). The summed E-state index contributed by atoms with van der Waals surface area (Å²) in [7, 11) is 5.55. The lowest BCUT2D eigenvalue weighted by Crippen LogP contribution is -2.44. The Morgan fingerprint density at radius 1 is 1.28 bits per heavy atom. The molecular formula is C26H35N7O2S. The largest absolute Gasteiger partial charge is 0.496 e. The van der Waals surface area contributed by atoms with E-state index in [1.807, 2.05) is 24.4 Å². The van der Waals surface area contributed by atoms with Crippen molar-refractivity contribution in [2.75, 3.05) is 65.9 Å². The number of fused-ring (bicyclic) bond motifs is 1. The van der Waals surface area contributed by atoms with Gasteiger partial charge in [0, 0.05) is 74.3 Å². The van der Waals surface area contributed by atoms with Crippen LogP contribution in [0, 0.1) is 6.92 Å². The van der Waals surface area contributed by atoms with Crippen molar-refractivity contribution in [3.63, 3.8) is 0 Å². The molecule has 0 atom stereocenters. The number of anilines is 1. The van der Waals surface area contributed by atoms with E-state index in [1.165, 1.54) is 6.20 Å². The first kappa shape index (κ1) is 25.9. The first-order chi connectivity index (χ1) is 17.5. The molecule has 0 saturated carbocycles. The van der Waals surface area contributed by atoms with Gasteiger partial charge in [-0.05, 0) is 32.5 Å². The third-order valence-corrected chi connectivity index (χ3v) is 7.27. The van der Waals surface area contributed by atoms with Crippen molar-refractivity contribution < 1.29 is 9.47 Å². The molecule has 3 heterocycles. The van der Waals surface area contributed by atoms with Crippen molar-refractivity contribution in [3.8, 4) is 22.6 Å². The molecule has 0 bridgehead atoms. The predicted molar refractivity (Wildman–Crippen MR) is 148 cm³/mol. The number of nitrogens with one attached hydrogen (secondary N) is 1. The zero-order valence-electron chi connectivity index (χ0n) is 21.5. The van der Waals surface area contributed by atoms with Gasteiger partial charge in [0.2, 0.25) is 5.95 Å². The molecule has 2 aromatic heterocycles. The Kier molecular flexibility index (Phi) is 8.74. The first-order valence-electron chi connectivity index (χ1n) is 12.1. The van der Waals surface area contributed by atoms with Gasteiger partial charge in [-0.3, -0.25) is 4.99 Å². The number of aromatic nitrogens is 2. The minimum absolute atomic E-state index is 0.456. The highest BCUT2D eigenvalue weighted by atomic mass is 32.1. The van der Waals surface area contributed by atoms with E-state index < -0.39 is 0 Å². The van der Waals surface area contributed by atoms with Crippen molar-refractivity contribution in [2.45, 2.75) is 13.3 Å². The third-order valence-electron chi connectivity index (χ3n) is 6.24. The van der Waals surface area contributed by atoms with Gasteiger partial charge in [-0.2, -0.15) is 0 Å². The molecule has 1 aliphatic rings. The van der Waals surface area contributed by atoms with E-state index in [4.69, 9.17) is 20.2 Å². The fourth-order valence-electron chi connectivity index (χ4n) is 4.29. The summed E-state index contributed by atoms with van der Waals surface area (Å²) < 4.78 is 12.8. The van der Waals surface area contributed by atoms with Gasteiger partial charge in [-0.1, -0.05) is 0 Å². The number of piperazine rings is 1. The van der Waals surface area contributed by atoms with E-state index in [-0.39, 0.29) is 0 Å². The molecule has 0 unspecified atom stereocenters. The number of likely N-dealkylation sites (N-methyl/N-ethyl adjacent to an activating group) is 1. The highest BCUT2D eigenvalue weighted by molar-refractivity contribution is 7.19. The van der Waals surface area contributed by atoms with E-state index in [0.29, 0.717) is 18.3 Å². The van der Waals surface area contributed by atoms with Crippen LogP contribution in [0.25, 0.3) is 21.3 Å². The summed E-state index contributed by atoms with van der Waals surface area (Å²) in [6.07, 6.45) is 5.89. The van der Waals surface area contributed by atoms with Gasteiger partial charge in [0.15, 0.2) is 0 Å². The van der Waals surface area contributed by atoms with Crippen LogP contribution in [0.4, 0.5) is 5.95 Å². The molecule has 1 saturated heterocycles. The van der Waals surface area contributed by atoms with Crippen molar-refractivity contribution in [1.29, 1.82) is 0 Å². The van der Waals surface area contributed by atoms with Gasteiger partial charge in [0.05, 0.1) is 35.8 Å². The molecule has 3 N–H and O–H groups in total. The molecule has 10 heteroatoms. The lowest BCUT2D eigenvalue weighted by molar-refractivity contribution is 0.145. The second-order valence-corrected chi connectivity index (χ2v) is 10.0. The van der Waals surface area contributed by atoms with Gasteiger partial charge in [-0.15, -0.1) is 11.3 Å². The minimum atomic E-state index is 0.456. The molecule has 192 valence electrons. The summed E-state index contributed by atoms with van der Waals surface area (Å²) in [5.74, 6) is 2.01. The summed E-state index contributed by atoms with van der Waals surface area (Å²) >= 11 is 1.66. The van der Waals surface area contributed by atoms with Gasteiger partial charge in [0.25, 0.3) is 0 Å². The number of thiophene rings is 1. The van der Waals surface area contributed by atoms with E-state index >= 15 is 0 Å². The summed E-state index contributed by atoms with van der Waals surface area (Å²) in [5, 5.41) is 3.11. The molecule has 1 aromatic carbocycles. The van der Waals surface area contributed by atoms with Crippen molar-refractivity contribution in [3.05, 3.63) is 41.2 Å². The maximum absolute atomic E-state index is 6.07. The number of benzene rings is 1. The minimum Gasteiger partial charge on any atom is -0.496 e. The zero-order chi connectivity index (χ0) is 25.5. The quantitative estimate of drug-likeness (QED) is 0.316. The lowest BCUT2D eigenvalue weighted by atomic mass is 10.0. The molecule has 0 aliphatic carbocycles. The van der Waals surface area contributed by atoms with Crippen LogP contribution in [-0.2, 0) is 0 Å². The van der Waals surface area contributed by atoms with Crippen LogP contribution in [0.15, 0.2) is 41.3 Å². The Bertz CT molecular complexity index is 1230. The van der Waals surface area contributed by atoms with Crippen LogP contribution in [-0.4, -0.2) is 86.5 Å². The van der Waals surface area contributed by atoms with E-state index in [2.05, 4.69) is 39.1 Å². The van der Waals surface area contributed by atoms with Gasteiger partial charge < -0.3 is 30.3 Å². The molecule has 0 amide bonds. The molecule has 36 heavy (non-hydrogen) atoms. The van der Waals surface area contributed by atoms with Crippen molar-refractivity contribution >= 4 is 33.7 Å². The molecular weight excluding hydrogens is 474 g/mol. The van der Waals surface area contributed by atoms with Crippen LogP contribution in [0.2, 0.25) is 0 Å². The lowest BCUT2D eigenvalue weighted by Gasteiger charge is -2.32. The number of methoxy groups -OCH3 is 1. The van der Waals surface area contributed by atoms with Gasteiger partial charge in [-0.25, -0.2) is 9.97 Å². The predicted octanol–water partition coefficient (Wildman–Crippen LogP) is 3.60. The monoisotopic (exact) mass is 509 g/mol. The number of nitrogens with zero attached hydrogens (tertiary/aromatic N) is 5. The standard InChI is InChI=1S/C26H35N7O2S/c1-18-24(25-23(36-18)17-29-26(31-25)30-19(15-27)16-28-2)21-7-6-20(14-22(21)34-4)35-13-5-8-33-11-9-32(3)10-12-33/h6-7,14-17H,5,8-13,27H2,1-4H3,(H,29,30,31). The maximum Gasteiger partial charge on any atom is 0.227 e. The fourth-order valence-corrected chi connectivity index (χ4v) is 5.28. The average Bonchev–Trinajstić information content (AvgIpc) is 3.22. The SMILES string of the molecule is CN=CC(=CN)Nc1ncc2sc(C)c(-c3ccc(OCCCN4CCN(C)CC4)cc3OC)c2n1. The van der Waals surface area contributed by atoms with Crippen LogP contribution < -0.4 is 20.5 Å². The Morgan fingerprint density at radius 2 is 2.08 bits per heavy atom. The van der Waals surface area contributed by atoms with E-state index in [0.717, 1.165) is 76.9 Å². The topological polar surface area (TPSA) is 101 Å². The van der Waals surface area contributed by atoms with Crippen molar-refractivity contribution in [1.82, 2.24) is 19.8 Å². The number of rotatable bonds is 10. The Hall–Kier alpha value is -3.21. The Balaban J connectivity index is 1.50. The molecule has 1 fully saturated rings. The van der Waals surface area contributed by atoms with E-state index in [9.17, 15) is 0 Å². The molecule has 3 aromatic rings. The molecule has 0 spiro atoms. The normalized spacial score (nSPS) is 15.6. The number of allylic oxidation sites excluding steroid dienone is 1. The highest BCUT2D eigenvalue weighted by Gasteiger charge is 2.18. The summed E-state index contributed by atoms with van der Waals surface area (Å²) in [4.78, 5) is 19.2. The zero-order valence-corrected chi connectivity index (χ0v) is 22.3. The fraction of sp³-hybridized carbons (Fsp3) is 0.423. The van der Waals surface area contributed by atoms with Crippen LogP contribution >= 0.6 is 11.3 Å². The third kappa shape index (κ3) is 6.13. The summed E-state index contributed by atoms with van der Waals surface area (Å²) in [5.41, 5.74) is 9.17. The molecule has 0 radical (unpaired) electrons. The highest BCUT2D eigenvalue weighted by Crippen LogP contribution is 2.42.